The molecular formula is C30H26Cl2F4N2O4. The fraction of sp³-hybridized carbons (Fsp3) is 0.267. The molecule has 1 amide bonds. The molecule has 12 heteroatoms. The molecule has 0 bridgehead atoms. The highest BCUT2D eigenvalue weighted by Gasteiger charge is 2.53. The summed E-state index contributed by atoms with van der Waals surface area (Å²) in [7, 11) is 0. The van der Waals surface area contributed by atoms with Crippen molar-refractivity contribution in [3.8, 4) is 5.75 Å². The van der Waals surface area contributed by atoms with Crippen LogP contribution in [0.1, 0.15) is 41.2 Å². The van der Waals surface area contributed by atoms with Gasteiger partial charge in [0.05, 0.1) is 12.2 Å². The molecule has 0 radical (unpaired) electrons. The number of nitrogens with one attached hydrogen (secondary N) is 1. The van der Waals surface area contributed by atoms with Crippen LogP contribution >= 0.6 is 23.2 Å². The number of aliphatic hydroxyl groups excluding tert-OH is 1. The van der Waals surface area contributed by atoms with Crippen molar-refractivity contribution >= 4 is 35.0 Å². The van der Waals surface area contributed by atoms with Crippen LogP contribution in [-0.2, 0) is 22.3 Å². The lowest BCUT2D eigenvalue weighted by molar-refractivity contribution is -0.137. The Morgan fingerprint density at radius 1 is 1.14 bits per heavy atom. The Kier molecular flexibility index (Phi) is 9.81. The van der Waals surface area contributed by atoms with E-state index < -0.39 is 41.7 Å². The molecule has 1 heterocycles. The van der Waals surface area contributed by atoms with Gasteiger partial charge in [0.1, 0.15) is 11.6 Å². The van der Waals surface area contributed by atoms with Gasteiger partial charge in [-0.3, -0.25) is 4.79 Å². The van der Waals surface area contributed by atoms with Crippen molar-refractivity contribution in [3.05, 3.63) is 111 Å². The van der Waals surface area contributed by atoms with Gasteiger partial charge in [0.2, 0.25) is 5.90 Å². The van der Waals surface area contributed by atoms with E-state index >= 15 is 0 Å². The average molecular weight is 625 g/mol. The van der Waals surface area contributed by atoms with Crippen LogP contribution in [0.25, 0.3) is 0 Å². The summed E-state index contributed by atoms with van der Waals surface area (Å²) in [6.07, 6.45) is -3.94. The number of nitrogens with zero attached hydrogens (tertiary/aromatic N) is 1. The first-order chi connectivity index (χ1) is 20.0. The number of alkyl halides is 3. The Balaban J connectivity index is 1.70. The number of aliphatic hydroxyl groups is 1. The maximum absolute atomic E-state index is 14.0. The first-order valence-electron chi connectivity index (χ1n) is 12.8. The fourth-order valence-corrected chi connectivity index (χ4v) is 4.99. The van der Waals surface area contributed by atoms with E-state index in [0.29, 0.717) is 41.0 Å². The predicted molar refractivity (Wildman–Crippen MR) is 151 cm³/mol. The van der Waals surface area contributed by atoms with Crippen molar-refractivity contribution in [2.45, 2.75) is 37.2 Å². The van der Waals surface area contributed by atoms with E-state index in [1.54, 1.807) is 36.4 Å². The average Bonchev–Trinajstić information content (AvgIpc) is 3.32. The van der Waals surface area contributed by atoms with Gasteiger partial charge in [0, 0.05) is 47.2 Å². The largest absolute Gasteiger partial charge is 0.494 e. The van der Waals surface area contributed by atoms with Gasteiger partial charge in [-0.05, 0) is 60.2 Å². The first-order valence-corrected chi connectivity index (χ1v) is 13.5. The molecule has 6 nitrogen and oxygen atoms in total. The van der Waals surface area contributed by atoms with Crippen LogP contribution in [0, 0.1) is 5.82 Å². The van der Waals surface area contributed by atoms with Crippen molar-refractivity contribution in [1.29, 1.82) is 0 Å². The molecule has 3 aromatic carbocycles. The number of carbonyl (C=O) groups excluding carboxylic acids is 1. The molecular weight excluding hydrogens is 599 g/mol. The number of hydrogen-bond acceptors (Lipinski definition) is 5. The van der Waals surface area contributed by atoms with Gasteiger partial charge in [0.25, 0.3) is 5.91 Å². The molecule has 42 heavy (non-hydrogen) atoms. The third kappa shape index (κ3) is 7.06. The molecule has 2 N–H and O–H groups in total. The zero-order chi connectivity index (χ0) is 30.5. The lowest BCUT2D eigenvalue weighted by atomic mass is 9.84. The summed E-state index contributed by atoms with van der Waals surface area (Å²) in [4.78, 5) is 18.5. The Bertz CT molecular complexity index is 1480. The third-order valence-corrected chi connectivity index (χ3v) is 7.03. The van der Waals surface area contributed by atoms with E-state index in [0.717, 1.165) is 12.1 Å². The monoisotopic (exact) mass is 624 g/mol. The molecule has 0 fully saturated rings. The molecule has 0 unspecified atom stereocenters. The molecule has 1 aliphatic heterocycles. The van der Waals surface area contributed by atoms with Crippen molar-refractivity contribution in [2.24, 2.45) is 4.99 Å². The van der Waals surface area contributed by atoms with Gasteiger partial charge in [-0.25, -0.2) is 9.38 Å². The lowest BCUT2D eigenvalue weighted by Crippen LogP contribution is -2.47. The lowest BCUT2D eigenvalue weighted by Gasteiger charge is -2.30. The Labute approximate surface area is 249 Å². The molecule has 0 spiro atoms. The number of rotatable bonds is 11. The number of amides is 1. The summed E-state index contributed by atoms with van der Waals surface area (Å²) in [5.74, 6) is -1.13. The molecule has 4 rings (SSSR count). The molecule has 0 aromatic heterocycles. The van der Waals surface area contributed by atoms with Crippen molar-refractivity contribution < 1.29 is 36.9 Å². The quantitative estimate of drug-likeness (QED) is 0.136. The summed E-state index contributed by atoms with van der Waals surface area (Å²) >= 11 is 12.6. The topological polar surface area (TPSA) is 80.2 Å². The van der Waals surface area contributed by atoms with Crippen LogP contribution in [-0.4, -0.2) is 35.7 Å². The normalized spacial score (nSPS) is 18.3. The second kappa shape index (κ2) is 13.1. The van der Waals surface area contributed by atoms with Gasteiger partial charge in [-0.15, -0.1) is 6.58 Å². The number of carbonyl (C=O) groups is 1. The van der Waals surface area contributed by atoms with E-state index in [4.69, 9.17) is 37.8 Å². The van der Waals surface area contributed by atoms with Crippen molar-refractivity contribution in [3.63, 3.8) is 0 Å². The molecule has 0 aliphatic carbocycles. The molecule has 222 valence electrons. The fourth-order valence-electron chi connectivity index (χ4n) is 4.48. The number of benzene rings is 3. The zero-order valence-corrected chi connectivity index (χ0v) is 23.6. The van der Waals surface area contributed by atoms with Crippen LogP contribution in [0.5, 0.6) is 5.75 Å². The standard InChI is InChI=1S/C30H26Cl2F4N2O4/c1-2-10-29(28(40)37-17-18-13-20(30(34,35)36)15-22(33)14-18)26(24-9-6-21(31)16-25(24)32)42-27(38-29)19-4-7-23(8-5-19)41-12-3-11-39/h2,4-9,13-16,26,39H,1,3,10-12,17H2,(H,37,40)/t26-,29-/m1/s1. The summed E-state index contributed by atoms with van der Waals surface area (Å²) in [5, 5.41) is 12.1. The summed E-state index contributed by atoms with van der Waals surface area (Å²) in [6, 6.07) is 13.4. The number of halogens is 6. The van der Waals surface area contributed by atoms with Crippen LogP contribution in [0.3, 0.4) is 0 Å². The van der Waals surface area contributed by atoms with Crippen molar-refractivity contribution in [1.82, 2.24) is 5.32 Å². The van der Waals surface area contributed by atoms with Gasteiger partial charge >= 0.3 is 6.18 Å². The Morgan fingerprint density at radius 3 is 2.52 bits per heavy atom. The maximum Gasteiger partial charge on any atom is 0.416 e. The minimum atomic E-state index is -4.76. The number of hydrogen-bond donors (Lipinski definition) is 2. The zero-order valence-electron chi connectivity index (χ0n) is 22.1. The highest BCUT2D eigenvalue weighted by atomic mass is 35.5. The molecule has 0 saturated heterocycles. The highest BCUT2D eigenvalue weighted by Crippen LogP contribution is 2.45. The van der Waals surface area contributed by atoms with E-state index in [-0.39, 0.29) is 29.5 Å². The molecule has 1 aliphatic rings. The second-order valence-electron chi connectivity index (χ2n) is 9.48. The SMILES string of the molecule is C=CC[C@@]1(C(=O)NCc2cc(F)cc(C(F)(F)F)c2)N=C(c2ccc(OCCCO)cc2)O[C@@H]1c1ccc(Cl)cc1Cl. The van der Waals surface area contributed by atoms with Crippen LogP contribution in [0.15, 0.2) is 78.3 Å². The summed E-state index contributed by atoms with van der Waals surface area (Å²) in [6.45, 7) is 3.67. The third-order valence-electron chi connectivity index (χ3n) is 6.47. The van der Waals surface area contributed by atoms with Gasteiger partial charge in [-0.2, -0.15) is 13.2 Å². The molecule has 0 saturated carbocycles. The number of ether oxygens (including phenoxy) is 2. The summed E-state index contributed by atoms with van der Waals surface area (Å²) < 4.78 is 65.5. The van der Waals surface area contributed by atoms with Crippen LogP contribution < -0.4 is 10.1 Å². The van der Waals surface area contributed by atoms with E-state index in [1.807, 2.05) is 0 Å². The van der Waals surface area contributed by atoms with Gasteiger partial charge in [0.15, 0.2) is 11.6 Å². The number of aliphatic imine (C=N–C) groups is 1. The van der Waals surface area contributed by atoms with E-state index in [1.165, 1.54) is 12.1 Å². The van der Waals surface area contributed by atoms with Gasteiger partial charge in [-0.1, -0.05) is 35.3 Å². The van der Waals surface area contributed by atoms with E-state index in [2.05, 4.69) is 16.9 Å². The minimum Gasteiger partial charge on any atom is -0.494 e. The Morgan fingerprint density at radius 2 is 1.88 bits per heavy atom. The molecule has 2 atom stereocenters. The smallest absolute Gasteiger partial charge is 0.416 e. The Hall–Kier alpha value is -3.60. The molecule has 3 aromatic rings. The van der Waals surface area contributed by atoms with Gasteiger partial charge < -0.3 is 19.9 Å². The first kappa shape index (κ1) is 31.3. The summed E-state index contributed by atoms with van der Waals surface area (Å²) in [5.41, 5.74) is -2.04. The minimum absolute atomic E-state index is 0.00642. The van der Waals surface area contributed by atoms with Crippen molar-refractivity contribution in [2.75, 3.05) is 13.2 Å². The second-order valence-corrected chi connectivity index (χ2v) is 10.3. The van der Waals surface area contributed by atoms with E-state index in [9.17, 15) is 22.4 Å². The predicted octanol–water partition coefficient (Wildman–Crippen LogP) is 7.06. The maximum atomic E-state index is 14.0. The van der Waals surface area contributed by atoms with Crippen LogP contribution in [0.2, 0.25) is 10.0 Å². The highest BCUT2D eigenvalue weighted by molar-refractivity contribution is 6.35. The van der Waals surface area contributed by atoms with Crippen LogP contribution in [0.4, 0.5) is 17.6 Å².